The van der Waals surface area contributed by atoms with Gasteiger partial charge in [-0.25, -0.2) is 0 Å². The molecule has 0 spiro atoms. The summed E-state index contributed by atoms with van der Waals surface area (Å²) in [6.07, 6.45) is 22.1. The predicted octanol–water partition coefficient (Wildman–Crippen LogP) is 30.8. The van der Waals surface area contributed by atoms with Gasteiger partial charge in [0.25, 0.3) is 0 Å². The van der Waals surface area contributed by atoms with E-state index in [-0.39, 0.29) is 21.7 Å². The summed E-state index contributed by atoms with van der Waals surface area (Å²) in [6, 6.07) is 0. The van der Waals surface area contributed by atoms with Gasteiger partial charge in [-0.3, -0.25) is 25.3 Å². The van der Waals surface area contributed by atoms with Crippen molar-refractivity contribution < 1.29 is 34.7 Å². The Balaban J connectivity index is 0.000000703. The molecule has 0 N–H and O–H groups in total. The minimum Gasteiger partial charge on any atom is -0.381 e. The molecule has 0 aromatic rings. The molecule has 0 saturated carbocycles. The van der Waals surface area contributed by atoms with Crippen molar-refractivity contribution >= 4 is 64.8 Å². The van der Waals surface area contributed by atoms with E-state index in [9.17, 15) is 25.3 Å². The molecule has 123 heavy (non-hydrogen) atoms. The van der Waals surface area contributed by atoms with Crippen LogP contribution in [0.25, 0.3) is 0 Å². The van der Waals surface area contributed by atoms with Crippen LogP contribution < -0.4 is 0 Å². The first-order valence-electron chi connectivity index (χ1n) is 50.2. The van der Waals surface area contributed by atoms with E-state index in [0.717, 1.165) is 141 Å². The van der Waals surface area contributed by atoms with Crippen LogP contribution in [0.2, 0.25) is 0 Å². The molecule has 21 unspecified atom stereocenters. The Labute approximate surface area is 786 Å². The lowest BCUT2D eigenvalue weighted by Crippen LogP contribution is -2.41. The molecule has 0 amide bonds. The van der Waals surface area contributed by atoms with Crippen molar-refractivity contribution in [2.24, 2.45) is 158 Å². The van der Waals surface area contributed by atoms with Crippen LogP contribution in [0, 0.1) is 158 Å². The molecule has 0 radical (unpaired) electrons. The van der Waals surface area contributed by atoms with E-state index in [1.807, 2.05) is 0 Å². The molecule has 14 heteroatoms. The normalized spacial score (nSPS) is 32.9. The molecule has 8 heterocycles. The highest BCUT2D eigenvalue weighted by molar-refractivity contribution is 7.86. The molecule has 8 aliphatic heterocycles. The van der Waals surface area contributed by atoms with Crippen LogP contribution >= 0.6 is 0 Å². The fraction of sp³-hybridized carbons (Fsp3) is 1.00. The quantitative estimate of drug-likeness (QED) is 0.255. The highest BCUT2D eigenvalue weighted by Gasteiger charge is 2.45. The van der Waals surface area contributed by atoms with Crippen molar-refractivity contribution in [3.8, 4) is 0 Å². The Hall–Kier alpha value is 0.820. The summed E-state index contributed by atoms with van der Waals surface area (Å²) in [5, 5.41) is 1.55. The summed E-state index contributed by atoms with van der Waals surface area (Å²) in [5.74, 6) is 16.3. The molecule has 738 valence electrons. The first-order valence-corrected chi connectivity index (χ1v) is 58.7. The standard InChI is InChI=1S/4C14H28OS.2C14H28O.C13H26OS.C12H24OS/c1-13(2,3)11-7-8-12(14(4,5)6)10-16(15)9-11;1-13(2,3)11-7-8-12(14(4,5)6)16(15)10-9-11;1-13(2,3)11-8-7-9-16(15)12(10-11)14(4,5)6;1-13(2,3)11-8-7-9-12(14(4,5)6)16(15)10-11;1-13(2,3)11-7-8-15-10-12(9-11)14(4,5)6;1-13(2,3)11-7-8-12(10-15-9-11)14(4,5)6;1-12(2,3)10-7-8-11(13(4,5)6)15(14)9-10;1-9(2)10-6-11(12(3,4)5)8-14(13)7-10/h4*11-12H,7-10H2,1-6H3;2*11-12H,7-10H2,1-6H3;10-11H,7-9H2,1-6H3;9-11H,6-8H2,1-5H3. The fourth-order valence-electron chi connectivity index (χ4n) is 19.5. The summed E-state index contributed by atoms with van der Waals surface area (Å²) in [4.78, 5) is 0. The minimum absolute atomic E-state index is 0.179. The maximum atomic E-state index is 12.4. The highest BCUT2D eigenvalue weighted by atomic mass is 32.2. The Kier molecular flexibility index (Phi) is 49.1. The van der Waals surface area contributed by atoms with E-state index < -0.39 is 64.8 Å². The van der Waals surface area contributed by atoms with E-state index in [2.05, 4.69) is 325 Å². The lowest BCUT2D eigenvalue weighted by Gasteiger charge is -2.40. The lowest BCUT2D eigenvalue weighted by molar-refractivity contribution is 0.0414. The Morgan fingerprint density at radius 3 is 0.862 bits per heavy atom. The van der Waals surface area contributed by atoms with Gasteiger partial charge in [-0.15, -0.1) is 0 Å². The fourth-order valence-corrected chi connectivity index (χ4v) is 33.1. The summed E-state index contributed by atoms with van der Waals surface area (Å²) in [7, 11) is -3.68. The van der Waals surface area contributed by atoms with Crippen LogP contribution in [0.4, 0.5) is 0 Å². The zero-order chi connectivity index (χ0) is 96.4. The summed E-state index contributed by atoms with van der Waals surface area (Å²) in [5.41, 5.74) is 4.66. The first kappa shape index (κ1) is 122. The Morgan fingerprint density at radius 1 is 0.211 bits per heavy atom. The van der Waals surface area contributed by atoms with Gasteiger partial charge in [0, 0.05) is 158 Å². The van der Waals surface area contributed by atoms with E-state index in [4.69, 9.17) is 9.47 Å². The van der Waals surface area contributed by atoms with Crippen molar-refractivity contribution in [2.45, 2.75) is 462 Å². The molecule has 8 rings (SSSR count). The predicted molar refractivity (Wildman–Crippen MR) is 556 cm³/mol. The maximum absolute atomic E-state index is 12.4. The van der Waals surface area contributed by atoms with Crippen molar-refractivity contribution in [3.63, 3.8) is 0 Å². The van der Waals surface area contributed by atoms with Gasteiger partial charge in [-0.1, -0.05) is 332 Å². The van der Waals surface area contributed by atoms with Crippen LogP contribution in [0.1, 0.15) is 441 Å². The maximum Gasteiger partial charge on any atom is 0.0499 e. The molecular formula is C109H218O8S6. The van der Waals surface area contributed by atoms with Gasteiger partial charge in [0.15, 0.2) is 0 Å². The van der Waals surface area contributed by atoms with E-state index in [1.54, 1.807) is 0 Å². The van der Waals surface area contributed by atoms with Gasteiger partial charge >= 0.3 is 0 Å². The molecule has 0 aromatic heterocycles. The summed E-state index contributed by atoms with van der Waals surface area (Å²) in [6.45, 7) is 111. The van der Waals surface area contributed by atoms with E-state index >= 15 is 0 Å². The topological polar surface area (TPSA) is 121 Å². The molecule has 0 bridgehead atoms. The van der Waals surface area contributed by atoms with Gasteiger partial charge in [0.1, 0.15) is 0 Å². The summed E-state index contributed by atoms with van der Waals surface area (Å²) >= 11 is 0. The second-order valence-corrected chi connectivity index (χ2v) is 67.1. The molecular weight excluding hydrogens is 1630 g/mol. The molecule has 21 atom stereocenters. The Bertz CT molecular complexity index is 3030. The van der Waals surface area contributed by atoms with E-state index in [0.29, 0.717) is 128 Å². The zero-order valence-corrected chi connectivity index (χ0v) is 96.1. The number of hydrogen-bond donors (Lipinski definition) is 0. The van der Waals surface area contributed by atoms with Crippen LogP contribution in [0.3, 0.4) is 0 Å². The first-order chi connectivity index (χ1) is 54.8. The molecule has 8 nitrogen and oxygen atoms in total. The smallest absolute Gasteiger partial charge is 0.0499 e. The highest BCUT2D eigenvalue weighted by Crippen LogP contribution is 2.48. The van der Waals surface area contributed by atoms with Crippen LogP contribution in [0.15, 0.2) is 0 Å². The zero-order valence-electron chi connectivity index (χ0n) is 91.2. The third-order valence-electron chi connectivity index (χ3n) is 30.9. The van der Waals surface area contributed by atoms with Crippen molar-refractivity contribution in [2.75, 3.05) is 72.5 Å². The van der Waals surface area contributed by atoms with Crippen LogP contribution in [0.5, 0.6) is 0 Å². The second-order valence-electron chi connectivity index (χ2n) is 57.2. The average molecular weight is 1850 g/mol. The lowest BCUT2D eigenvalue weighted by atomic mass is 9.69. The third kappa shape index (κ3) is 46.3. The third-order valence-corrected chi connectivity index (χ3v) is 43.1. The SMILES string of the molecule is CC(C)(C)C1CCC(C(C)(C)C)COC1.CC(C)(C)C1CCC(C(C)(C)C)CS(=O)C1.CC(C)(C)C1CCC(C(C)(C)C)S(=O)C1.CC(C)(C)C1CCC(C(C)(C)C)S(=O)CC1.CC(C)(C)C1CCCC(C(C)(C)C)S(=O)C1.CC(C)(C)C1CCCS(=O)C(C(C)(C)C)C1.CC(C)(C)C1CCOCC(C(C)(C)C)C1.CC(C)C1CC(C(C)(C)C)CS(=O)C1. The van der Waals surface area contributed by atoms with Gasteiger partial charge in [-0.05, 0) is 267 Å². The number of rotatable bonds is 1. The summed E-state index contributed by atoms with van der Waals surface area (Å²) < 4.78 is 84.6. The molecule has 8 fully saturated rings. The van der Waals surface area contributed by atoms with Crippen LogP contribution in [-0.4, -0.2) is 119 Å². The van der Waals surface area contributed by atoms with Crippen molar-refractivity contribution in [3.05, 3.63) is 0 Å². The van der Waals surface area contributed by atoms with E-state index in [1.165, 1.54) is 77.0 Å². The van der Waals surface area contributed by atoms with Gasteiger partial charge < -0.3 is 9.47 Å². The Morgan fingerprint density at radius 2 is 0.496 bits per heavy atom. The number of ether oxygens (including phenoxy) is 2. The van der Waals surface area contributed by atoms with Gasteiger partial charge in [-0.2, -0.15) is 0 Å². The van der Waals surface area contributed by atoms with Gasteiger partial charge in [0.05, 0.1) is 0 Å². The van der Waals surface area contributed by atoms with Gasteiger partial charge in [0.2, 0.25) is 0 Å². The average Bonchev–Trinajstić information content (AvgIpc) is 1.53. The molecule has 8 aliphatic rings. The van der Waals surface area contributed by atoms with Crippen molar-refractivity contribution in [1.82, 2.24) is 0 Å². The minimum atomic E-state index is -0.641. The monoisotopic (exact) mass is 1850 g/mol. The van der Waals surface area contributed by atoms with Crippen LogP contribution in [-0.2, 0) is 74.3 Å². The molecule has 0 aromatic carbocycles. The molecule has 0 aliphatic carbocycles. The largest absolute Gasteiger partial charge is 0.381 e. The molecule has 8 saturated heterocycles. The van der Waals surface area contributed by atoms with Crippen molar-refractivity contribution in [1.29, 1.82) is 0 Å². The second kappa shape index (κ2) is 49.5. The number of hydrogen-bond acceptors (Lipinski definition) is 8.